The van der Waals surface area contributed by atoms with Gasteiger partial charge in [0.2, 0.25) is 5.91 Å². The molecule has 0 aromatic rings. The number of aliphatic imine (C=N–C) groups is 1. The highest BCUT2D eigenvalue weighted by atomic mass is 16.2. The summed E-state index contributed by atoms with van der Waals surface area (Å²) in [6, 6.07) is 0. The molecule has 5 nitrogen and oxygen atoms in total. The Balaban J connectivity index is 2.15. The summed E-state index contributed by atoms with van der Waals surface area (Å²) in [6.45, 7) is 5.35. The minimum Gasteiger partial charge on any atom is -0.359 e. The molecular weight excluding hydrogens is 276 g/mol. The quantitative estimate of drug-likeness (QED) is 0.366. The Hall–Kier alpha value is -1.26. The van der Waals surface area contributed by atoms with E-state index < -0.39 is 5.41 Å². The maximum Gasteiger partial charge on any atom is 0.227 e. The van der Waals surface area contributed by atoms with Crippen LogP contribution in [0.2, 0.25) is 0 Å². The lowest BCUT2D eigenvalue weighted by Crippen LogP contribution is -2.47. The molecule has 0 aromatic carbocycles. The van der Waals surface area contributed by atoms with Crippen LogP contribution >= 0.6 is 0 Å². The van der Waals surface area contributed by atoms with Gasteiger partial charge in [-0.15, -0.1) is 0 Å². The zero-order valence-electron chi connectivity index (χ0n) is 14.8. The van der Waals surface area contributed by atoms with E-state index in [1.807, 2.05) is 13.8 Å². The summed E-state index contributed by atoms with van der Waals surface area (Å²) in [5, 5.41) is 9.26. The van der Waals surface area contributed by atoms with Crippen LogP contribution in [0.15, 0.2) is 4.99 Å². The Morgan fingerprint density at radius 1 is 1.18 bits per heavy atom. The maximum atomic E-state index is 11.7. The van der Waals surface area contributed by atoms with Gasteiger partial charge in [-0.25, -0.2) is 0 Å². The first kappa shape index (κ1) is 18.8. The number of carbonyl (C=O) groups is 1. The molecule has 1 rings (SSSR count). The number of nitrogens with one attached hydrogen (secondary N) is 3. The molecule has 0 radical (unpaired) electrons. The van der Waals surface area contributed by atoms with E-state index in [9.17, 15) is 4.79 Å². The van der Waals surface area contributed by atoms with Gasteiger partial charge >= 0.3 is 0 Å². The average molecular weight is 310 g/mol. The van der Waals surface area contributed by atoms with E-state index in [4.69, 9.17) is 0 Å². The molecule has 1 aliphatic carbocycles. The van der Waals surface area contributed by atoms with E-state index >= 15 is 0 Å². The highest BCUT2D eigenvalue weighted by Crippen LogP contribution is 2.28. The predicted octanol–water partition coefficient (Wildman–Crippen LogP) is 2.28. The molecule has 128 valence electrons. The highest BCUT2D eigenvalue weighted by molar-refractivity contribution is 5.84. The molecule has 1 fully saturated rings. The molecule has 0 aromatic heterocycles. The fourth-order valence-electron chi connectivity index (χ4n) is 3.01. The van der Waals surface area contributed by atoms with Crippen LogP contribution in [0.1, 0.15) is 58.8 Å². The van der Waals surface area contributed by atoms with Crippen molar-refractivity contribution in [3.8, 4) is 0 Å². The van der Waals surface area contributed by atoms with Gasteiger partial charge in [-0.1, -0.05) is 38.5 Å². The first-order valence-corrected chi connectivity index (χ1v) is 8.66. The monoisotopic (exact) mass is 310 g/mol. The van der Waals surface area contributed by atoms with Crippen molar-refractivity contribution in [1.82, 2.24) is 16.0 Å². The van der Waals surface area contributed by atoms with Crippen LogP contribution in [0.4, 0.5) is 0 Å². The van der Waals surface area contributed by atoms with Gasteiger partial charge in [0.25, 0.3) is 0 Å². The van der Waals surface area contributed by atoms with Gasteiger partial charge in [0.15, 0.2) is 5.96 Å². The lowest BCUT2D eigenvalue weighted by atomic mass is 9.92. The predicted molar refractivity (Wildman–Crippen MR) is 93.0 cm³/mol. The minimum absolute atomic E-state index is 0.0343. The van der Waals surface area contributed by atoms with Crippen LogP contribution in [-0.2, 0) is 4.79 Å². The summed E-state index contributed by atoms with van der Waals surface area (Å²) in [5.74, 6) is 1.79. The SMILES string of the molecule is CN=C(NCCCCC1CCCC1)NCC(C)(C)C(=O)NC. The van der Waals surface area contributed by atoms with Gasteiger partial charge in [-0.05, 0) is 26.2 Å². The van der Waals surface area contributed by atoms with Crippen molar-refractivity contribution in [2.24, 2.45) is 16.3 Å². The summed E-state index contributed by atoms with van der Waals surface area (Å²) >= 11 is 0. The highest BCUT2D eigenvalue weighted by Gasteiger charge is 2.26. The standard InChI is InChI=1S/C17H34N4O/c1-17(2,15(22)18-3)13-21-16(19-4)20-12-8-7-11-14-9-5-6-10-14/h14H,5-13H2,1-4H3,(H,18,22)(H2,19,20,21). The molecule has 3 N–H and O–H groups in total. The first-order chi connectivity index (χ1) is 10.5. The van der Waals surface area contributed by atoms with E-state index in [1.54, 1.807) is 14.1 Å². The van der Waals surface area contributed by atoms with Gasteiger partial charge in [0.1, 0.15) is 0 Å². The van der Waals surface area contributed by atoms with Crippen LogP contribution in [0.5, 0.6) is 0 Å². The average Bonchev–Trinajstić information content (AvgIpc) is 3.02. The van der Waals surface area contributed by atoms with E-state index in [2.05, 4.69) is 20.9 Å². The summed E-state index contributed by atoms with van der Waals surface area (Å²) in [4.78, 5) is 16.0. The van der Waals surface area contributed by atoms with Crippen molar-refractivity contribution in [1.29, 1.82) is 0 Å². The summed E-state index contributed by atoms with van der Waals surface area (Å²) < 4.78 is 0. The van der Waals surface area contributed by atoms with Gasteiger partial charge in [0.05, 0.1) is 5.41 Å². The number of guanidine groups is 1. The molecule has 0 heterocycles. The second-order valence-electron chi connectivity index (χ2n) is 6.96. The number of unbranched alkanes of at least 4 members (excludes halogenated alkanes) is 1. The third-order valence-corrected chi connectivity index (χ3v) is 4.57. The summed E-state index contributed by atoms with van der Waals surface area (Å²) in [7, 11) is 3.43. The fourth-order valence-corrected chi connectivity index (χ4v) is 3.01. The third kappa shape index (κ3) is 6.67. The zero-order valence-corrected chi connectivity index (χ0v) is 14.8. The maximum absolute atomic E-state index is 11.7. The Bertz CT molecular complexity index is 360. The van der Waals surface area contributed by atoms with Crippen molar-refractivity contribution in [2.45, 2.75) is 58.8 Å². The fraction of sp³-hybridized carbons (Fsp3) is 0.882. The number of rotatable bonds is 8. The summed E-state index contributed by atoms with van der Waals surface area (Å²) in [5.41, 5.74) is -0.450. The molecule has 0 spiro atoms. The van der Waals surface area contributed by atoms with Crippen molar-refractivity contribution in [3.63, 3.8) is 0 Å². The van der Waals surface area contributed by atoms with E-state index in [-0.39, 0.29) is 5.91 Å². The molecule has 0 bridgehead atoms. The van der Waals surface area contributed by atoms with Crippen molar-refractivity contribution in [3.05, 3.63) is 0 Å². The first-order valence-electron chi connectivity index (χ1n) is 8.66. The molecular formula is C17H34N4O. The Morgan fingerprint density at radius 3 is 2.45 bits per heavy atom. The Labute approximate surface area is 135 Å². The Morgan fingerprint density at radius 2 is 1.86 bits per heavy atom. The van der Waals surface area contributed by atoms with Crippen LogP contribution in [0, 0.1) is 11.3 Å². The van der Waals surface area contributed by atoms with Crippen LogP contribution in [0.25, 0.3) is 0 Å². The van der Waals surface area contributed by atoms with Gasteiger partial charge in [0, 0.05) is 27.2 Å². The molecule has 1 aliphatic rings. The topological polar surface area (TPSA) is 65.5 Å². The lowest BCUT2D eigenvalue weighted by Gasteiger charge is -2.24. The molecule has 0 atom stereocenters. The van der Waals surface area contributed by atoms with Crippen LogP contribution in [-0.4, -0.2) is 39.1 Å². The van der Waals surface area contributed by atoms with E-state index in [0.29, 0.717) is 6.54 Å². The number of hydrogen-bond donors (Lipinski definition) is 3. The number of amides is 1. The van der Waals surface area contributed by atoms with Crippen LogP contribution in [0.3, 0.4) is 0 Å². The molecule has 0 aliphatic heterocycles. The van der Waals surface area contributed by atoms with Crippen molar-refractivity contribution >= 4 is 11.9 Å². The van der Waals surface area contributed by atoms with Crippen molar-refractivity contribution in [2.75, 3.05) is 27.2 Å². The second-order valence-corrected chi connectivity index (χ2v) is 6.96. The third-order valence-electron chi connectivity index (χ3n) is 4.57. The van der Waals surface area contributed by atoms with Gasteiger partial charge in [-0.2, -0.15) is 0 Å². The number of nitrogens with zero attached hydrogens (tertiary/aromatic N) is 1. The number of hydrogen-bond acceptors (Lipinski definition) is 2. The lowest BCUT2D eigenvalue weighted by molar-refractivity contribution is -0.128. The largest absolute Gasteiger partial charge is 0.359 e. The molecule has 5 heteroatoms. The molecule has 1 amide bonds. The second kappa shape index (κ2) is 9.70. The zero-order chi connectivity index (χ0) is 16.4. The van der Waals surface area contributed by atoms with E-state index in [1.165, 1.54) is 44.9 Å². The van der Waals surface area contributed by atoms with Gasteiger partial charge in [-0.3, -0.25) is 9.79 Å². The van der Waals surface area contributed by atoms with Crippen molar-refractivity contribution < 1.29 is 4.79 Å². The Kier molecular flexibility index (Phi) is 8.28. The molecule has 1 saturated carbocycles. The smallest absolute Gasteiger partial charge is 0.227 e. The number of carbonyl (C=O) groups excluding carboxylic acids is 1. The normalized spacial score (nSPS) is 16.6. The molecule has 0 unspecified atom stereocenters. The van der Waals surface area contributed by atoms with Gasteiger partial charge < -0.3 is 16.0 Å². The molecule has 22 heavy (non-hydrogen) atoms. The van der Waals surface area contributed by atoms with Crippen LogP contribution < -0.4 is 16.0 Å². The van der Waals surface area contributed by atoms with E-state index in [0.717, 1.165) is 18.4 Å². The molecule has 0 saturated heterocycles. The minimum atomic E-state index is -0.450. The summed E-state index contributed by atoms with van der Waals surface area (Å²) in [6.07, 6.45) is 9.57.